The average molecular weight is 629 g/mol. The minimum absolute atomic E-state index is 0.0225. The van der Waals surface area contributed by atoms with Crippen LogP contribution in [0.2, 0.25) is 0 Å². The summed E-state index contributed by atoms with van der Waals surface area (Å²) in [5, 5.41) is 25.6. The minimum Gasteiger partial charge on any atom is -0.481 e. The Balaban J connectivity index is 1.49. The zero-order chi connectivity index (χ0) is 32.5. The van der Waals surface area contributed by atoms with Gasteiger partial charge in [-0.3, -0.25) is 19.2 Å². The summed E-state index contributed by atoms with van der Waals surface area (Å²) in [5.74, 6) is -4.03. The summed E-state index contributed by atoms with van der Waals surface area (Å²) in [6.45, 7) is 2.47. The van der Waals surface area contributed by atoms with Crippen molar-refractivity contribution >= 4 is 35.8 Å². The molecule has 3 heterocycles. The molecule has 4 rings (SSSR count). The van der Waals surface area contributed by atoms with E-state index in [0.29, 0.717) is 18.5 Å². The van der Waals surface area contributed by atoms with E-state index in [4.69, 9.17) is 9.47 Å². The monoisotopic (exact) mass is 628 g/mol. The second-order valence-corrected chi connectivity index (χ2v) is 10.5. The Bertz CT molecular complexity index is 1410. The zero-order valence-corrected chi connectivity index (χ0v) is 24.8. The van der Waals surface area contributed by atoms with Gasteiger partial charge in [0.1, 0.15) is 12.1 Å². The van der Waals surface area contributed by atoms with Crippen molar-refractivity contribution in [3.63, 3.8) is 0 Å². The van der Waals surface area contributed by atoms with E-state index < -0.39 is 54.4 Å². The molecule has 0 radical (unpaired) electrons. The van der Waals surface area contributed by atoms with Gasteiger partial charge in [-0.05, 0) is 38.3 Å². The quantitative estimate of drug-likeness (QED) is 0.297. The van der Waals surface area contributed by atoms with E-state index in [1.807, 2.05) is 0 Å². The molecule has 4 amide bonds. The second kappa shape index (κ2) is 15.0. The maximum atomic E-state index is 13.4. The number of rotatable bonds is 12. The molecule has 0 bridgehead atoms. The SMILES string of the molecule is CCOC(=O)N1CCN(C(=O)C(CCC(=O)O)NC(=O)c2cc(OCC(=O)N3CCCC3C(=O)O)n(-c3ccccc3)n2)CC1. The number of carboxylic acids is 2. The number of nitrogens with zero attached hydrogens (tertiary/aromatic N) is 5. The summed E-state index contributed by atoms with van der Waals surface area (Å²) in [6, 6.07) is 7.78. The van der Waals surface area contributed by atoms with Crippen LogP contribution in [0, 0.1) is 0 Å². The molecule has 1 aromatic carbocycles. The Morgan fingerprint density at radius 1 is 1.00 bits per heavy atom. The molecular weight excluding hydrogens is 592 g/mol. The molecule has 45 heavy (non-hydrogen) atoms. The summed E-state index contributed by atoms with van der Waals surface area (Å²) in [4.78, 5) is 78.6. The Morgan fingerprint density at radius 3 is 2.33 bits per heavy atom. The Labute approximate surface area is 258 Å². The maximum Gasteiger partial charge on any atom is 0.409 e. The smallest absolute Gasteiger partial charge is 0.409 e. The second-order valence-electron chi connectivity index (χ2n) is 10.5. The zero-order valence-electron chi connectivity index (χ0n) is 24.8. The van der Waals surface area contributed by atoms with Crippen molar-refractivity contribution in [3.05, 3.63) is 42.1 Å². The standard InChI is InChI=1S/C29H36N6O10/c1-2-44-29(43)33-15-13-32(14-16-33)27(40)20(10-11-25(37)38)30-26(39)21-17-24(35(31-21)19-7-4-3-5-8-19)45-18-23(36)34-12-6-9-22(34)28(41)42/h3-5,7-8,17,20,22H,2,6,9-16,18H2,1H3,(H,30,39)(H,37,38)(H,41,42). The fraction of sp³-hybridized carbons (Fsp3) is 0.483. The van der Waals surface area contributed by atoms with Crippen LogP contribution in [0.3, 0.4) is 0 Å². The Kier molecular flexibility index (Phi) is 10.9. The first-order valence-corrected chi connectivity index (χ1v) is 14.6. The number of amides is 4. The maximum absolute atomic E-state index is 13.4. The number of piperazine rings is 1. The number of aliphatic carboxylic acids is 2. The third-order valence-electron chi connectivity index (χ3n) is 7.48. The highest BCUT2D eigenvalue weighted by Gasteiger charge is 2.35. The Hall–Kier alpha value is -5.15. The molecule has 0 saturated carbocycles. The van der Waals surface area contributed by atoms with Gasteiger partial charge < -0.3 is 39.7 Å². The molecule has 2 unspecified atom stereocenters. The van der Waals surface area contributed by atoms with E-state index in [-0.39, 0.29) is 63.7 Å². The highest BCUT2D eigenvalue weighted by atomic mass is 16.6. The molecule has 2 atom stereocenters. The van der Waals surface area contributed by atoms with Crippen LogP contribution in [0.4, 0.5) is 4.79 Å². The normalized spacial score (nSPS) is 17.0. The number of ether oxygens (including phenoxy) is 2. The van der Waals surface area contributed by atoms with Crippen LogP contribution in [0.15, 0.2) is 36.4 Å². The van der Waals surface area contributed by atoms with E-state index in [9.17, 15) is 39.0 Å². The van der Waals surface area contributed by atoms with Gasteiger partial charge >= 0.3 is 18.0 Å². The molecule has 0 aliphatic carbocycles. The van der Waals surface area contributed by atoms with E-state index in [0.717, 1.165) is 0 Å². The summed E-state index contributed by atoms with van der Waals surface area (Å²) in [5.41, 5.74) is 0.340. The van der Waals surface area contributed by atoms with Gasteiger partial charge in [0.25, 0.3) is 11.8 Å². The number of carbonyl (C=O) groups is 6. The van der Waals surface area contributed by atoms with E-state index in [2.05, 4.69) is 10.4 Å². The number of hydrogen-bond donors (Lipinski definition) is 3. The van der Waals surface area contributed by atoms with Crippen molar-refractivity contribution in [1.82, 2.24) is 29.8 Å². The molecule has 242 valence electrons. The van der Waals surface area contributed by atoms with E-state index in [1.54, 1.807) is 37.3 Å². The Morgan fingerprint density at radius 2 is 1.69 bits per heavy atom. The van der Waals surface area contributed by atoms with Gasteiger partial charge in [0, 0.05) is 45.2 Å². The lowest BCUT2D eigenvalue weighted by atomic mass is 10.1. The molecule has 2 aliphatic heterocycles. The molecule has 2 fully saturated rings. The molecule has 2 aromatic rings. The van der Waals surface area contributed by atoms with Gasteiger partial charge in [-0.15, -0.1) is 0 Å². The predicted molar refractivity (Wildman–Crippen MR) is 155 cm³/mol. The number of carbonyl (C=O) groups excluding carboxylic acids is 4. The number of likely N-dealkylation sites (tertiary alicyclic amines) is 1. The first-order chi connectivity index (χ1) is 21.6. The highest BCUT2D eigenvalue weighted by Crippen LogP contribution is 2.22. The van der Waals surface area contributed by atoms with Crippen molar-refractivity contribution in [1.29, 1.82) is 0 Å². The lowest BCUT2D eigenvalue weighted by Crippen LogP contribution is -2.56. The summed E-state index contributed by atoms with van der Waals surface area (Å²) in [6.07, 6.45) is -0.164. The van der Waals surface area contributed by atoms with E-state index in [1.165, 1.54) is 25.4 Å². The molecule has 0 spiro atoms. The number of hydrogen-bond acceptors (Lipinski definition) is 9. The number of para-hydroxylation sites is 1. The summed E-state index contributed by atoms with van der Waals surface area (Å²) >= 11 is 0. The third-order valence-corrected chi connectivity index (χ3v) is 7.48. The van der Waals surface area contributed by atoms with Gasteiger partial charge in [-0.2, -0.15) is 5.10 Å². The van der Waals surface area contributed by atoms with Gasteiger partial charge in [-0.1, -0.05) is 18.2 Å². The van der Waals surface area contributed by atoms with Crippen molar-refractivity contribution in [3.8, 4) is 11.6 Å². The van der Waals surface area contributed by atoms with Crippen molar-refractivity contribution < 1.29 is 48.5 Å². The minimum atomic E-state index is -1.20. The van der Waals surface area contributed by atoms with Crippen LogP contribution in [-0.2, 0) is 23.9 Å². The molecule has 2 aliphatic rings. The fourth-order valence-electron chi connectivity index (χ4n) is 5.17. The topological polar surface area (TPSA) is 201 Å². The van der Waals surface area contributed by atoms with E-state index >= 15 is 0 Å². The van der Waals surface area contributed by atoms with Crippen LogP contribution in [0.1, 0.15) is 43.1 Å². The van der Waals surface area contributed by atoms with Crippen LogP contribution >= 0.6 is 0 Å². The van der Waals surface area contributed by atoms with Crippen molar-refractivity contribution in [2.45, 2.75) is 44.7 Å². The lowest BCUT2D eigenvalue weighted by molar-refractivity contribution is -0.149. The van der Waals surface area contributed by atoms with Crippen molar-refractivity contribution in [2.75, 3.05) is 45.9 Å². The molecule has 1 aromatic heterocycles. The van der Waals surface area contributed by atoms with Crippen LogP contribution in [0.25, 0.3) is 5.69 Å². The number of benzene rings is 1. The van der Waals surface area contributed by atoms with Gasteiger partial charge in [0.05, 0.1) is 12.3 Å². The molecule has 3 N–H and O–H groups in total. The number of carboxylic acid groups (broad SMARTS) is 2. The average Bonchev–Trinajstić information content (AvgIpc) is 3.70. The number of nitrogens with one attached hydrogen (secondary N) is 1. The molecule has 2 saturated heterocycles. The van der Waals surface area contributed by atoms with Crippen LogP contribution in [0.5, 0.6) is 5.88 Å². The van der Waals surface area contributed by atoms with Crippen LogP contribution in [-0.4, -0.2) is 128 Å². The van der Waals surface area contributed by atoms with Gasteiger partial charge in [0.15, 0.2) is 12.3 Å². The third kappa shape index (κ3) is 8.27. The van der Waals surface area contributed by atoms with Gasteiger partial charge in [0.2, 0.25) is 11.8 Å². The number of aromatic nitrogens is 2. The summed E-state index contributed by atoms with van der Waals surface area (Å²) in [7, 11) is 0. The molecule has 16 nitrogen and oxygen atoms in total. The largest absolute Gasteiger partial charge is 0.481 e. The molecule has 16 heteroatoms. The predicted octanol–water partition coefficient (Wildman–Crippen LogP) is 0.591. The molecular formula is C29H36N6O10. The first-order valence-electron chi connectivity index (χ1n) is 14.6. The van der Waals surface area contributed by atoms with Crippen LogP contribution < -0.4 is 10.1 Å². The highest BCUT2D eigenvalue weighted by molar-refractivity contribution is 5.96. The lowest BCUT2D eigenvalue weighted by Gasteiger charge is -2.35. The first kappa shape index (κ1) is 32.8. The van der Waals surface area contributed by atoms with Crippen molar-refractivity contribution in [2.24, 2.45) is 0 Å². The fourth-order valence-corrected chi connectivity index (χ4v) is 5.17. The van der Waals surface area contributed by atoms with Gasteiger partial charge in [-0.25, -0.2) is 14.3 Å². The summed E-state index contributed by atoms with van der Waals surface area (Å²) < 4.78 is 12.0.